The maximum atomic E-state index is 5.92. The van der Waals surface area contributed by atoms with Crippen LogP contribution in [-0.2, 0) is 0 Å². The number of benzene rings is 3. The van der Waals surface area contributed by atoms with Gasteiger partial charge >= 0.3 is 0 Å². The standard InChI is InChI=1S/C22H17ClN4/c23-18-7-1-17(2-8-18)21-13-14-22(27-26-21)25-20-11-5-16(6-12-20)15-3-9-19(24)10-4-15/h1-14H,24H2,(H,25,27). The molecule has 0 saturated heterocycles. The number of nitrogens with two attached hydrogens (primary N) is 1. The first kappa shape index (κ1) is 17.1. The average molecular weight is 373 g/mol. The lowest BCUT2D eigenvalue weighted by Crippen LogP contribution is -1.96. The van der Waals surface area contributed by atoms with Crippen LogP contribution in [-0.4, -0.2) is 10.2 Å². The fraction of sp³-hybridized carbons (Fsp3) is 0. The van der Waals surface area contributed by atoms with E-state index in [1.165, 1.54) is 0 Å². The number of nitrogen functional groups attached to an aromatic ring is 1. The molecule has 0 radical (unpaired) electrons. The van der Waals surface area contributed by atoms with Gasteiger partial charge in [0.2, 0.25) is 0 Å². The van der Waals surface area contributed by atoms with Crippen molar-refractivity contribution in [2.75, 3.05) is 11.1 Å². The van der Waals surface area contributed by atoms with Crippen molar-refractivity contribution in [2.45, 2.75) is 0 Å². The van der Waals surface area contributed by atoms with Crippen LogP contribution in [0.3, 0.4) is 0 Å². The van der Waals surface area contributed by atoms with E-state index in [9.17, 15) is 0 Å². The Morgan fingerprint density at radius 3 is 1.81 bits per heavy atom. The minimum atomic E-state index is 0.688. The lowest BCUT2D eigenvalue weighted by Gasteiger charge is -2.08. The van der Waals surface area contributed by atoms with Crippen molar-refractivity contribution >= 4 is 28.8 Å². The van der Waals surface area contributed by atoms with Crippen LogP contribution in [0.2, 0.25) is 5.02 Å². The second kappa shape index (κ2) is 7.48. The van der Waals surface area contributed by atoms with Crippen LogP contribution in [0, 0.1) is 0 Å². The van der Waals surface area contributed by atoms with Crippen molar-refractivity contribution in [1.29, 1.82) is 0 Å². The minimum absolute atomic E-state index is 0.688. The topological polar surface area (TPSA) is 63.8 Å². The Morgan fingerprint density at radius 2 is 1.22 bits per heavy atom. The first-order valence-electron chi connectivity index (χ1n) is 8.50. The zero-order valence-corrected chi connectivity index (χ0v) is 15.2. The maximum Gasteiger partial charge on any atom is 0.153 e. The van der Waals surface area contributed by atoms with E-state index in [0.717, 1.165) is 33.8 Å². The monoisotopic (exact) mass is 372 g/mol. The minimum Gasteiger partial charge on any atom is -0.399 e. The van der Waals surface area contributed by atoms with Crippen LogP contribution in [0.1, 0.15) is 0 Å². The Hall–Kier alpha value is -3.37. The molecular formula is C22H17ClN4. The number of anilines is 3. The fourth-order valence-electron chi connectivity index (χ4n) is 2.74. The van der Waals surface area contributed by atoms with Gasteiger partial charge in [0.05, 0.1) is 5.69 Å². The third-order valence-electron chi connectivity index (χ3n) is 4.21. The predicted molar refractivity (Wildman–Crippen MR) is 112 cm³/mol. The van der Waals surface area contributed by atoms with Gasteiger partial charge in [-0.1, -0.05) is 48.0 Å². The van der Waals surface area contributed by atoms with Crippen molar-refractivity contribution in [3.8, 4) is 22.4 Å². The first-order chi connectivity index (χ1) is 13.2. The Kier molecular flexibility index (Phi) is 4.73. The molecule has 3 N–H and O–H groups in total. The van der Waals surface area contributed by atoms with Crippen LogP contribution >= 0.6 is 11.6 Å². The van der Waals surface area contributed by atoms with Gasteiger partial charge in [-0.3, -0.25) is 0 Å². The molecule has 0 saturated carbocycles. The molecule has 0 aliphatic heterocycles. The SMILES string of the molecule is Nc1ccc(-c2ccc(Nc3ccc(-c4ccc(Cl)cc4)nn3)cc2)cc1. The molecule has 4 nitrogen and oxygen atoms in total. The van der Waals surface area contributed by atoms with Crippen molar-refractivity contribution < 1.29 is 0 Å². The van der Waals surface area contributed by atoms with Gasteiger partial charge in [0.15, 0.2) is 5.82 Å². The third kappa shape index (κ3) is 4.07. The molecule has 3 aromatic carbocycles. The molecule has 0 spiro atoms. The van der Waals surface area contributed by atoms with Gasteiger partial charge in [-0.25, -0.2) is 0 Å². The third-order valence-corrected chi connectivity index (χ3v) is 4.46. The highest BCUT2D eigenvalue weighted by atomic mass is 35.5. The van der Waals surface area contributed by atoms with E-state index >= 15 is 0 Å². The summed E-state index contributed by atoms with van der Waals surface area (Å²) >= 11 is 5.92. The maximum absolute atomic E-state index is 5.92. The largest absolute Gasteiger partial charge is 0.399 e. The van der Waals surface area contributed by atoms with E-state index in [2.05, 4.69) is 27.6 Å². The quantitative estimate of drug-likeness (QED) is 0.445. The number of rotatable bonds is 4. The molecule has 0 aliphatic rings. The summed E-state index contributed by atoms with van der Waals surface area (Å²) in [5, 5.41) is 12.5. The van der Waals surface area contributed by atoms with E-state index in [0.29, 0.717) is 10.8 Å². The molecule has 5 heteroatoms. The predicted octanol–water partition coefficient (Wildman–Crippen LogP) is 5.79. The van der Waals surface area contributed by atoms with Gasteiger partial charge < -0.3 is 11.1 Å². The Labute approximate surface area is 162 Å². The van der Waals surface area contributed by atoms with Crippen molar-refractivity contribution in [2.24, 2.45) is 0 Å². The van der Waals surface area contributed by atoms with Gasteiger partial charge in [-0.05, 0) is 59.7 Å². The summed E-state index contributed by atoms with van der Waals surface area (Å²) in [6, 6.07) is 27.3. The van der Waals surface area contributed by atoms with E-state index in [-0.39, 0.29) is 0 Å². The lowest BCUT2D eigenvalue weighted by atomic mass is 10.1. The Bertz CT molecular complexity index is 939. The molecule has 0 atom stereocenters. The van der Waals surface area contributed by atoms with E-state index in [1.807, 2.05) is 72.8 Å². The number of nitrogens with zero attached hydrogens (tertiary/aromatic N) is 2. The van der Waals surface area contributed by atoms with Gasteiger partial charge in [-0.2, -0.15) is 0 Å². The molecular weight excluding hydrogens is 356 g/mol. The molecule has 4 aromatic rings. The summed E-state index contributed by atoms with van der Waals surface area (Å²) in [5.41, 5.74) is 11.5. The van der Waals surface area contributed by atoms with Crippen molar-refractivity contribution in [3.05, 3.63) is 90.0 Å². The number of nitrogens with one attached hydrogen (secondary N) is 1. The van der Waals surface area contributed by atoms with Gasteiger partial charge in [0.1, 0.15) is 0 Å². The molecule has 4 rings (SSSR count). The highest BCUT2D eigenvalue weighted by Crippen LogP contribution is 2.24. The Balaban J connectivity index is 1.47. The molecule has 0 unspecified atom stereocenters. The number of hydrogen-bond acceptors (Lipinski definition) is 4. The fourth-order valence-corrected chi connectivity index (χ4v) is 2.87. The zero-order valence-electron chi connectivity index (χ0n) is 14.4. The average Bonchev–Trinajstić information content (AvgIpc) is 2.71. The molecule has 0 aliphatic carbocycles. The highest BCUT2D eigenvalue weighted by Gasteiger charge is 2.03. The normalized spacial score (nSPS) is 10.6. The number of aromatic nitrogens is 2. The summed E-state index contributed by atoms with van der Waals surface area (Å²) in [4.78, 5) is 0. The van der Waals surface area contributed by atoms with Crippen LogP contribution < -0.4 is 11.1 Å². The first-order valence-corrected chi connectivity index (χ1v) is 8.88. The second-order valence-electron chi connectivity index (χ2n) is 6.14. The summed E-state index contributed by atoms with van der Waals surface area (Å²) < 4.78 is 0. The molecule has 0 fully saturated rings. The molecule has 132 valence electrons. The van der Waals surface area contributed by atoms with Gasteiger partial charge in [0, 0.05) is 22.0 Å². The van der Waals surface area contributed by atoms with E-state index in [1.54, 1.807) is 0 Å². The summed E-state index contributed by atoms with van der Waals surface area (Å²) in [6.07, 6.45) is 0. The van der Waals surface area contributed by atoms with Crippen LogP contribution in [0.25, 0.3) is 22.4 Å². The summed E-state index contributed by atoms with van der Waals surface area (Å²) in [7, 11) is 0. The lowest BCUT2D eigenvalue weighted by molar-refractivity contribution is 1.04. The van der Waals surface area contributed by atoms with Gasteiger partial charge in [0.25, 0.3) is 0 Å². The van der Waals surface area contributed by atoms with E-state index < -0.39 is 0 Å². The summed E-state index contributed by atoms with van der Waals surface area (Å²) in [5.74, 6) is 0.688. The smallest absolute Gasteiger partial charge is 0.153 e. The highest BCUT2D eigenvalue weighted by molar-refractivity contribution is 6.30. The summed E-state index contributed by atoms with van der Waals surface area (Å²) in [6.45, 7) is 0. The van der Waals surface area contributed by atoms with Crippen LogP contribution in [0.4, 0.5) is 17.2 Å². The van der Waals surface area contributed by atoms with Crippen molar-refractivity contribution in [1.82, 2.24) is 10.2 Å². The number of halogens is 1. The Morgan fingerprint density at radius 1 is 0.630 bits per heavy atom. The zero-order chi connectivity index (χ0) is 18.6. The number of hydrogen-bond donors (Lipinski definition) is 2. The van der Waals surface area contributed by atoms with Crippen molar-refractivity contribution in [3.63, 3.8) is 0 Å². The molecule has 27 heavy (non-hydrogen) atoms. The second-order valence-corrected chi connectivity index (χ2v) is 6.57. The van der Waals surface area contributed by atoms with E-state index in [4.69, 9.17) is 17.3 Å². The van der Waals surface area contributed by atoms with Crippen LogP contribution in [0.5, 0.6) is 0 Å². The molecule has 1 heterocycles. The van der Waals surface area contributed by atoms with Gasteiger partial charge in [-0.15, -0.1) is 10.2 Å². The molecule has 1 aromatic heterocycles. The molecule has 0 bridgehead atoms. The van der Waals surface area contributed by atoms with Crippen LogP contribution in [0.15, 0.2) is 84.9 Å². The molecule has 0 amide bonds.